The van der Waals surface area contributed by atoms with Gasteiger partial charge in [-0.1, -0.05) is 24.6 Å². The first-order chi connectivity index (χ1) is 17.0. The number of likely N-dealkylation sites (tertiary alicyclic amines) is 1. The van der Waals surface area contributed by atoms with Crippen molar-refractivity contribution in [1.29, 1.82) is 0 Å². The van der Waals surface area contributed by atoms with Crippen LogP contribution in [0.5, 0.6) is 0 Å². The third kappa shape index (κ3) is 4.32. The topological polar surface area (TPSA) is 109 Å². The Morgan fingerprint density at radius 1 is 1.20 bits per heavy atom. The Balaban J connectivity index is 1.26. The number of aromatic nitrogens is 2. The minimum Gasteiger partial charge on any atom is -0.360 e. The van der Waals surface area contributed by atoms with Gasteiger partial charge in [0.2, 0.25) is 0 Å². The summed E-state index contributed by atoms with van der Waals surface area (Å²) in [5, 5.41) is 7.17. The van der Waals surface area contributed by atoms with E-state index in [1.165, 1.54) is 4.90 Å². The molecule has 3 aliphatic rings. The number of hydrogen-bond acceptors (Lipinski definition) is 6. The number of piperidine rings is 1. The maximum Gasteiger partial charge on any atom is 0.325 e. The zero-order valence-electron chi connectivity index (χ0n) is 20.3. The number of nitrogens with zero attached hydrogens (tertiary/aromatic N) is 4. The van der Waals surface area contributed by atoms with Crippen LogP contribution in [0.1, 0.15) is 73.0 Å². The van der Waals surface area contributed by atoms with Crippen molar-refractivity contribution < 1.29 is 18.9 Å². The van der Waals surface area contributed by atoms with Crippen molar-refractivity contribution in [2.75, 3.05) is 19.6 Å². The molecule has 9 heteroatoms. The van der Waals surface area contributed by atoms with Crippen molar-refractivity contribution in [3.8, 4) is 0 Å². The lowest BCUT2D eigenvalue weighted by Crippen LogP contribution is -2.56. The number of nitrogens with one attached hydrogen (secondary N) is 1. The zero-order valence-corrected chi connectivity index (χ0v) is 20.3. The second-order valence-corrected chi connectivity index (χ2v) is 9.89. The van der Waals surface area contributed by atoms with Crippen molar-refractivity contribution in [2.24, 2.45) is 5.92 Å². The van der Waals surface area contributed by atoms with E-state index in [0.717, 1.165) is 49.1 Å². The Morgan fingerprint density at radius 3 is 2.74 bits per heavy atom. The van der Waals surface area contributed by atoms with Crippen molar-refractivity contribution in [2.45, 2.75) is 70.3 Å². The molecule has 186 valence electrons. The van der Waals surface area contributed by atoms with Crippen LogP contribution in [0.2, 0.25) is 0 Å². The minimum atomic E-state index is -0.905. The molecule has 2 saturated heterocycles. The standard InChI is InChI=1S/C26H33N5O4/c1-2-13-26(24(33)31(25(34)28-26)17-12-19-7-5-6-14-27-19)18-10-15-30(16-11-18)23(32)22-20-8-3-4-9-21(20)35-29-22/h5-7,14,18H,2-4,8-13,15-17H2,1H3,(H,28,34)/t26-/m1/s1. The molecule has 1 atom stereocenters. The highest BCUT2D eigenvalue weighted by Gasteiger charge is 2.55. The van der Waals surface area contributed by atoms with Gasteiger partial charge >= 0.3 is 6.03 Å². The first kappa shape index (κ1) is 23.5. The summed E-state index contributed by atoms with van der Waals surface area (Å²) >= 11 is 0. The molecular formula is C26H33N5O4. The SMILES string of the molecule is CCC[C@]1(C2CCN(C(=O)c3noc4c3CCCC4)CC2)NC(=O)N(CCc2ccccn2)C1=O. The fourth-order valence-corrected chi connectivity index (χ4v) is 5.94. The van der Waals surface area contributed by atoms with Gasteiger partial charge in [-0.2, -0.15) is 0 Å². The number of imide groups is 1. The van der Waals surface area contributed by atoms with Gasteiger partial charge in [0, 0.05) is 49.9 Å². The van der Waals surface area contributed by atoms with Crippen LogP contribution in [0.25, 0.3) is 0 Å². The second-order valence-electron chi connectivity index (χ2n) is 9.89. The fourth-order valence-electron chi connectivity index (χ4n) is 5.94. The maximum atomic E-state index is 13.6. The first-order valence-electron chi connectivity index (χ1n) is 12.8. The molecule has 0 unspecified atom stereocenters. The number of aryl methyl sites for hydroxylation is 1. The van der Waals surface area contributed by atoms with E-state index in [0.29, 0.717) is 51.0 Å². The molecule has 0 aromatic carbocycles. The van der Waals surface area contributed by atoms with Gasteiger partial charge in [-0.15, -0.1) is 0 Å². The molecule has 1 N–H and O–H groups in total. The monoisotopic (exact) mass is 479 g/mol. The van der Waals surface area contributed by atoms with Crippen molar-refractivity contribution in [3.05, 3.63) is 47.1 Å². The highest BCUT2D eigenvalue weighted by Crippen LogP contribution is 2.37. The average Bonchev–Trinajstić information content (AvgIpc) is 3.42. The van der Waals surface area contributed by atoms with E-state index in [9.17, 15) is 14.4 Å². The Hall–Kier alpha value is -3.23. The van der Waals surface area contributed by atoms with Crippen LogP contribution >= 0.6 is 0 Å². The van der Waals surface area contributed by atoms with E-state index in [1.54, 1.807) is 6.20 Å². The molecule has 2 aromatic rings. The Labute approximate surface area is 205 Å². The van der Waals surface area contributed by atoms with E-state index < -0.39 is 5.54 Å². The van der Waals surface area contributed by atoms with Crippen LogP contribution in [0, 0.1) is 5.92 Å². The van der Waals surface area contributed by atoms with E-state index in [1.807, 2.05) is 30.0 Å². The van der Waals surface area contributed by atoms with Gasteiger partial charge < -0.3 is 14.7 Å². The van der Waals surface area contributed by atoms with Crippen molar-refractivity contribution in [1.82, 2.24) is 25.3 Å². The van der Waals surface area contributed by atoms with Gasteiger partial charge in [-0.25, -0.2) is 4.79 Å². The van der Waals surface area contributed by atoms with Gasteiger partial charge in [-0.3, -0.25) is 19.5 Å². The third-order valence-corrected chi connectivity index (χ3v) is 7.80. The van der Waals surface area contributed by atoms with Gasteiger partial charge in [0.05, 0.1) is 0 Å². The van der Waals surface area contributed by atoms with E-state index in [4.69, 9.17) is 4.52 Å². The van der Waals surface area contributed by atoms with Crippen LogP contribution in [-0.2, 0) is 24.1 Å². The summed E-state index contributed by atoms with van der Waals surface area (Å²) in [5.74, 6) is 0.602. The van der Waals surface area contributed by atoms with E-state index >= 15 is 0 Å². The smallest absolute Gasteiger partial charge is 0.325 e. The minimum absolute atomic E-state index is 0.0194. The number of rotatable bonds is 7. The number of urea groups is 1. The third-order valence-electron chi connectivity index (χ3n) is 7.80. The lowest BCUT2D eigenvalue weighted by Gasteiger charge is -2.40. The summed E-state index contributed by atoms with van der Waals surface area (Å²) in [6, 6.07) is 5.32. The molecule has 2 fully saturated rings. The first-order valence-corrected chi connectivity index (χ1v) is 12.8. The molecule has 35 heavy (non-hydrogen) atoms. The molecule has 4 heterocycles. The largest absolute Gasteiger partial charge is 0.360 e. The summed E-state index contributed by atoms with van der Waals surface area (Å²) in [7, 11) is 0. The summed E-state index contributed by atoms with van der Waals surface area (Å²) in [6.07, 6.45) is 8.73. The Kier molecular flexibility index (Phi) is 6.58. The average molecular weight is 480 g/mol. The molecule has 0 radical (unpaired) electrons. The quantitative estimate of drug-likeness (QED) is 0.611. The molecule has 2 aromatic heterocycles. The summed E-state index contributed by atoms with van der Waals surface area (Å²) in [4.78, 5) is 47.2. The number of hydrogen-bond donors (Lipinski definition) is 1. The van der Waals surface area contributed by atoms with Crippen molar-refractivity contribution in [3.63, 3.8) is 0 Å². The van der Waals surface area contributed by atoms with Gasteiger partial charge in [0.15, 0.2) is 5.69 Å². The lowest BCUT2D eigenvalue weighted by atomic mass is 9.74. The molecule has 0 bridgehead atoms. The normalized spacial score (nSPS) is 22.9. The van der Waals surface area contributed by atoms with Crippen LogP contribution in [-0.4, -0.2) is 63.0 Å². The summed E-state index contributed by atoms with van der Waals surface area (Å²) in [6.45, 7) is 3.41. The molecule has 9 nitrogen and oxygen atoms in total. The van der Waals surface area contributed by atoms with Gasteiger partial charge in [-0.05, 0) is 56.6 Å². The number of amides is 4. The number of fused-ring (bicyclic) bond motifs is 1. The number of carbonyl (C=O) groups excluding carboxylic acids is 3. The van der Waals surface area contributed by atoms with E-state index in [-0.39, 0.29) is 23.8 Å². The molecule has 0 saturated carbocycles. The molecule has 5 rings (SSSR count). The molecule has 2 aliphatic heterocycles. The lowest BCUT2D eigenvalue weighted by molar-refractivity contribution is -0.134. The molecule has 4 amide bonds. The number of pyridine rings is 1. The van der Waals surface area contributed by atoms with Gasteiger partial charge in [0.25, 0.3) is 11.8 Å². The van der Waals surface area contributed by atoms with Crippen LogP contribution in [0.15, 0.2) is 28.9 Å². The fraction of sp³-hybridized carbons (Fsp3) is 0.577. The van der Waals surface area contributed by atoms with Gasteiger partial charge in [0.1, 0.15) is 11.3 Å². The summed E-state index contributed by atoms with van der Waals surface area (Å²) < 4.78 is 5.44. The molecule has 1 aliphatic carbocycles. The zero-order chi connectivity index (χ0) is 24.4. The Morgan fingerprint density at radius 2 is 2.00 bits per heavy atom. The highest BCUT2D eigenvalue weighted by molar-refractivity contribution is 6.07. The number of carbonyl (C=O) groups is 3. The highest BCUT2D eigenvalue weighted by atomic mass is 16.5. The molecular weight excluding hydrogens is 446 g/mol. The predicted molar refractivity (Wildman–Crippen MR) is 128 cm³/mol. The summed E-state index contributed by atoms with van der Waals surface area (Å²) in [5.41, 5.74) is 1.36. The Bertz CT molecular complexity index is 1090. The van der Waals surface area contributed by atoms with Crippen LogP contribution in [0.4, 0.5) is 4.79 Å². The maximum absolute atomic E-state index is 13.6. The second kappa shape index (κ2) is 9.79. The van der Waals surface area contributed by atoms with Crippen LogP contribution < -0.4 is 5.32 Å². The van der Waals surface area contributed by atoms with Crippen LogP contribution in [0.3, 0.4) is 0 Å². The molecule has 0 spiro atoms. The predicted octanol–water partition coefficient (Wildman–Crippen LogP) is 3.13. The van der Waals surface area contributed by atoms with Crippen molar-refractivity contribution >= 4 is 17.8 Å². The van der Waals surface area contributed by atoms with E-state index in [2.05, 4.69) is 15.5 Å².